The number of rotatable bonds is 18. The van der Waals surface area contributed by atoms with Crippen LogP contribution in [-0.2, 0) is 44.5 Å². The molecule has 3 aliphatic rings. The average Bonchev–Trinajstić information content (AvgIpc) is 1.67. The van der Waals surface area contributed by atoms with Crippen molar-refractivity contribution in [1.29, 1.82) is 0 Å². The maximum absolute atomic E-state index is 14.4. The molecular weight excluding hydrogens is 1540 g/mol. The highest BCUT2D eigenvalue weighted by atomic mass is 35.5. The van der Waals surface area contributed by atoms with Gasteiger partial charge >= 0.3 is 0 Å². The summed E-state index contributed by atoms with van der Waals surface area (Å²) in [5.74, 6) is 0.401. The highest BCUT2D eigenvalue weighted by Crippen LogP contribution is 2.34. The monoisotopic (exact) mass is 1630 g/mol. The van der Waals surface area contributed by atoms with Gasteiger partial charge in [-0.15, -0.1) is 11.3 Å². The molecule has 3 saturated heterocycles. The van der Waals surface area contributed by atoms with Crippen molar-refractivity contribution in [3.05, 3.63) is 215 Å². The molecule has 3 atom stereocenters. The second-order valence-electron chi connectivity index (χ2n) is 25.7. The van der Waals surface area contributed by atoms with Gasteiger partial charge in [0.15, 0.2) is 5.13 Å². The van der Waals surface area contributed by atoms with Crippen molar-refractivity contribution in [2.75, 3.05) is 107 Å². The zero-order valence-corrected chi connectivity index (χ0v) is 65.0. The Kier molecular flexibility index (Phi) is 22.9. The van der Waals surface area contributed by atoms with Gasteiger partial charge in [0.2, 0.25) is 22.9 Å². The number of amides is 3. The Labute approximate surface area is 653 Å². The van der Waals surface area contributed by atoms with E-state index in [1.165, 1.54) is 36.0 Å². The lowest BCUT2D eigenvalue weighted by atomic mass is 10.2. The van der Waals surface area contributed by atoms with E-state index in [1.54, 1.807) is 132 Å². The minimum Gasteiger partial charge on any atom is -0.368 e. The number of aromatic nitrogens is 8. The first-order valence-electron chi connectivity index (χ1n) is 34.2. The molecule has 15 rings (SSSR count). The number of aryl methyl sites for hydroxylation is 1. The number of benzene rings is 6. The molecule has 0 saturated carbocycles. The summed E-state index contributed by atoms with van der Waals surface area (Å²) in [7, 11) is -11.2. The quantitative estimate of drug-likeness (QED) is 0.0719. The van der Waals surface area contributed by atoms with Gasteiger partial charge in [0, 0.05) is 166 Å². The highest BCUT2D eigenvalue weighted by Gasteiger charge is 2.32. The molecule has 3 amide bonds. The van der Waals surface area contributed by atoms with Crippen LogP contribution in [0.5, 0.6) is 0 Å². The van der Waals surface area contributed by atoms with Gasteiger partial charge in [-0.2, -0.15) is 4.37 Å². The van der Waals surface area contributed by atoms with E-state index in [4.69, 9.17) is 34.8 Å². The Balaban J connectivity index is 0.000000208. The molecule has 0 aliphatic carbocycles. The number of hydrogen-bond acceptors (Lipinski definition) is 19. The van der Waals surface area contributed by atoms with Crippen molar-refractivity contribution in [2.24, 2.45) is 0 Å². The SMILES string of the molecule is CC(C(=O)N1CCN(c2ccc(S(=O)(=O)Nc3nccs3)cc2)CC1)n1ccc2cc(Cl)c(Cl)cc21.C[C@@H](C(=O)N1CCN(c2ccc(S(=O)(=O)Nc3ccncn3)cc2)CC1)n1ccc2cccc(F)c21.Cc1nsc(NS(=O)(=O)c2ccc(N3CCN(C(=O)[C@@H](C)n4ccc5ccc(Cl)cc54)CC3)cc2)n1.[HH].[HH].[HH].[HH].[HH]. The summed E-state index contributed by atoms with van der Waals surface area (Å²) in [6.07, 6.45) is 9.83. The molecule has 3 N–H and O–H groups in total. The molecule has 35 heteroatoms. The van der Waals surface area contributed by atoms with Crippen LogP contribution in [0.25, 0.3) is 32.7 Å². The van der Waals surface area contributed by atoms with Crippen LogP contribution >= 0.6 is 57.7 Å². The molecular formula is C73H83Cl3FN17O9S5. The molecule has 9 heterocycles. The Morgan fingerprint density at radius 2 is 0.944 bits per heavy atom. The van der Waals surface area contributed by atoms with Crippen molar-refractivity contribution in [2.45, 2.75) is 60.5 Å². The van der Waals surface area contributed by atoms with Gasteiger partial charge in [-0.3, -0.25) is 28.5 Å². The number of fused-ring (bicyclic) bond motifs is 3. The molecule has 1 unspecified atom stereocenters. The minimum absolute atomic E-state index is 0. The van der Waals surface area contributed by atoms with Crippen LogP contribution in [0.1, 0.15) is 51.9 Å². The van der Waals surface area contributed by atoms with Gasteiger partial charge in [0.1, 0.15) is 41.9 Å². The smallest absolute Gasteiger partial charge is 0.263 e. The van der Waals surface area contributed by atoms with Gasteiger partial charge in [-0.1, -0.05) is 53.0 Å². The lowest BCUT2D eigenvalue weighted by Gasteiger charge is -2.37. The zero-order valence-electron chi connectivity index (χ0n) is 58.6. The molecule has 108 heavy (non-hydrogen) atoms. The van der Waals surface area contributed by atoms with E-state index < -0.39 is 36.1 Å². The number of piperazine rings is 3. The fraction of sp³-hybridized carbons (Fsp3) is 0.260. The maximum Gasteiger partial charge on any atom is 0.263 e. The maximum atomic E-state index is 14.4. The third kappa shape index (κ3) is 17.1. The van der Waals surface area contributed by atoms with E-state index in [0.717, 1.165) is 55.8 Å². The number of nitrogens with one attached hydrogen (secondary N) is 3. The Morgan fingerprint density at radius 3 is 1.42 bits per heavy atom. The average molecular weight is 1630 g/mol. The second kappa shape index (κ2) is 32.5. The van der Waals surface area contributed by atoms with Crippen molar-refractivity contribution in [3.63, 3.8) is 0 Å². The van der Waals surface area contributed by atoms with Crippen LogP contribution in [0.2, 0.25) is 15.1 Å². The lowest BCUT2D eigenvalue weighted by Crippen LogP contribution is -2.50. The summed E-state index contributed by atoms with van der Waals surface area (Å²) < 4.78 is 107. The molecule has 0 bridgehead atoms. The summed E-state index contributed by atoms with van der Waals surface area (Å²) in [6.45, 7) is 14.4. The number of para-hydroxylation sites is 1. The Hall–Kier alpha value is -9.93. The lowest BCUT2D eigenvalue weighted by molar-refractivity contribution is -0.135. The molecule has 12 aromatic rings. The molecule has 0 spiro atoms. The fourth-order valence-corrected chi connectivity index (χ4v) is 18.3. The van der Waals surface area contributed by atoms with Crippen LogP contribution in [0.4, 0.5) is 37.5 Å². The standard InChI is InChI=1S/C25H25FN6O3S.C24H23Cl2N5O3S2.C24H25ClN6O3S2.5H2/c1-18(32-12-10-19-3-2-4-22(26)24(19)32)25(33)31-15-13-30(14-16-31)20-5-7-21(8-6-20)36(34,35)29-23-9-11-27-17-28-23;1-16(31-8-6-17-14-20(25)21(26)15-22(17)31)23(32)30-11-9-29(10-12-30)18-2-4-19(5-3-18)36(33,34)28-24-27-7-13-35-24;1-16(31-10-9-18-3-4-19(25)15-22(18)31)23(32)30-13-11-29(12-14-30)20-5-7-21(8-6-20)36(33,34)28-24-26-17(2)27-35-24;;;;;/h2-12,17-18H,13-16H2,1H3,(H,27,28,29);2-8,13-16H,9-12H2,1H3,(H,27,28);3-10,15-16H,11-14H2,1-2H3,(H,26,27,28);5*1H/t18-;;16-;;;;;/m0.1...../s1. The van der Waals surface area contributed by atoms with Crippen molar-refractivity contribution in [1.82, 2.24) is 52.7 Å². The molecule has 572 valence electrons. The number of anilines is 6. The summed E-state index contributed by atoms with van der Waals surface area (Å²) in [6, 6.07) is 40.2. The Morgan fingerprint density at radius 1 is 0.491 bits per heavy atom. The first kappa shape index (κ1) is 76.3. The van der Waals surface area contributed by atoms with Crippen LogP contribution < -0.4 is 28.9 Å². The normalized spacial score (nSPS) is 15.3. The molecule has 3 fully saturated rings. The van der Waals surface area contributed by atoms with E-state index in [0.29, 0.717) is 110 Å². The van der Waals surface area contributed by atoms with E-state index in [1.807, 2.05) is 87.6 Å². The molecule has 6 aromatic heterocycles. The van der Waals surface area contributed by atoms with Crippen molar-refractivity contribution < 1.29 is 51.2 Å². The zero-order chi connectivity index (χ0) is 76.2. The summed E-state index contributed by atoms with van der Waals surface area (Å²) in [5.41, 5.74) is 4.92. The topological polar surface area (TPSA) is 288 Å². The van der Waals surface area contributed by atoms with Crippen molar-refractivity contribution >= 4 is 171 Å². The van der Waals surface area contributed by atoms with Crippen LogP contribution in [-0.4, -0.2) is 174 Å². The number of halogens is 4. The third-order valence-electron chi connectivity index (χ3n) is 19.0. The number of carbonyl (C=O) groups excluding carboxylic acids is 3. The first-order chi connectivity index (χ1) is 51.8. The fourth-order valence-electron chi connectivity index (χ4n) is 13.2. The predicted molar refractivity (Wildman–Crippen MR) is 432 cm³/mol. The number of carbonyl (C=O) groups is 3. The van der Waals surface area contributed by atoms with Gasteiger partial charge in [-0.25, -0.2) is 49.6 Å². The van der Waals surface area contributed by atoms with E-state index in [2.05, 4.69) is 53.2 Å². The van der Waals surface area contributed by atoms with Gasteiger partial charge < -0.3 is 43.1 Å². The summed E-state index contributed by atoms with van der Waals surface area (Å²) in [4.78, 5) is 67.8. The van der Waals surface area contributed by atoms with Crippen LogP contribution in [0.3, 0.4) is 0 Å². The predicted octanol–water partition coefficient (Wildman–Crippen LogP) is 13.8. The van der Waals surface area contributed by atoms with E-state index in [9.17, 15) is 44.0 Å². The number of sulfonamides is 3. The summed E-state index contributed by atoms with van der Waals surface area (Å²) >= 11 is 20.7. The van der Waals surface area contributed by atoms with Crippen molar-refractivity contribution in [3.8, 4) is 0 Å². The number of thiazole rings is 1. The molecule has 3 aliphatic heterocycles. The summed E-state index contributed by atoms with van der Waals surface area (Å²) in [5, 5.41) is 6.59. The molecule has 0 radical (unpaired) electrons. The van der Waals surface area contributed by atoms with E-state index in [-0.39, 0.29) is 68.4 Å². The highest BCUT2D eigenvalue weighted by molar-refractivity contribution is 7.93. The third-order valence-corrected chi connectivity index (χ3v) is 25.7. The number of hydrogen-bond donors (Lipinski definition) is 3. The van der Waals surface area contributed by atoms with Gasteiger partial charge in [0.25, 0.3) is 30.1 Å². The largest absolute Gasteiger partial charge is 0.368 e. The van der Waals surface area contributed by atoms with Crippen LogP contribution in [0.15, 0.2) is 203 Å². The number of nitrogens with zero attached hydrogens (tertiary/aromatic N) is 14. The van der Waals surface area contributed by atoms with Gasteiger partial charge in [0.05, 0.1) is 41.3 Å². The minimum atomic E-state index is -3.77. The molecule has 6 aromatic carbocycles. The first-order valence-corrected chi connectivity index (χ1v) is 41.4. The second-order valence-corrected chi connectivity index (χ2v) is 33.7. The van der Waals surface area contributed by atoms with Crippen LogP contribution in [0, 0.1) is 12.7 Å². The van der Waals surface area contributed by atoms with E-state index >= 15 is 0 Å². The Bertz CT molecular complexity index is 5610. The van der Waals surface area contributed by atoms with Gasteiger partial charge in [-0.05, 0) is 160 Å². The molecule has 26 nitrogen and oxygen atoms in total.